The van der Waals surface area contributed by atoms with Crippen LogP contribution in [0.3, 0.4) is 0 Å². The van der Waals surface area contributed by atoms with Gasteiger partial charge in [-0.2, -0.15) is 5.10 Å². The lowest BCUT2D eigenvalue weighted by molar-refractivity contribution is -0.116. The first kappa shape index (κ1) is 20.6. The van der Waals surface area contributed by atoms with Crippen LogP contribution in [0.5, 0.6) is 5.75 Å². The minimum absolute atomic E-state index is 0.0888. The Bertz CT molecular complexity index is 1500. The number of methoxy groups -OCH3 is 1. The van der Waals surface area contributed by atoms with E-state index < -0.39 is 11.7 Å². The van der Waals surface area contributed by atoms with Gasteiger partial charge in [-0.25, -0.2) is 8.78 Å². The first-order valence-corrected chi connectivity index (χ1v) is 10.2. The molecule has 0 aliphatic rings. The highest BCUT2D eigenvalue weighted by molar-refractivity contribution is 6.09. The molecule has 0 saturated carbocycles. The second kappa shape index (κ2) is 8.31. The Hall–Kier alpha value is -4.33. The van der Waals surface area contributed by atoms with Crippen molar-refractivity contribution in [1.82, 2.24) is 14.8 Å². The fourth-order valence-electron chi connectivity index (χ4n) is 3.78. The van der Waals surface area contributed by atoms with E-state index in [0.29, 0.717) is 33.4 Å². The van der Waals surface area contributed by atoms with Gasteiger partial charge in [0.15, 0.2) is 0 Å². The van der Waals surface area contributed by atoms with Crippen molar-refractivity contribution in [2.45, 2.75) is 6.54 Å². The molecule has 8 heteroatoms. The Labute approximate surface area is 187 Å². The van der Waals surface area contributed by atoms with Gasteiger partial charge in [-0.3, -0.25) is 14.5 Å². The summed E-state index contributed by atoms with van der Waals surface area (Å²) in [5, 5.41) is 8.68. The molecule has 0 spiro atoms. The molecule has 1 N–H and O–H groups in total. The minimum atomic E-state index is -0.525. The highest BCUT2D eigenvalue weighted by atomic mass is 19.1. The van der Waals surface area contributed by atoms with E-state index in [4.69, 9.17) is 4.74 Å². The zero-order chi connectivity index (χ0) is 22.9. The van der Waals surface area contributed by atoms with Gasteiger partial charge in [0.1, 0.15) is 29.6 Å². The lowest BCUT2D eigenvalue weighted by Crippen LogP contribution is -2.20. The van der Waals surface area contributed by atoms with Crippen molar-refractivity contribution in [2.75, 3.05) is 12.4 Å². The maximum Gasteiger partial charge on any atom is 0.246 e. The number of aromatic nitrogens is 3. The molecular weight excluding hydrogens is 426 g/mol. The molecule has 0 atom stereocenters. The molecule has 33 heavy (non-hydrogen) atoms. The van der Waals surface area contributed by atoms with Gasteiger partial charge in [0.25, 0.3) is 0 Å². The standard InChI is InChI=1S/C25H18F2N4O2/c1-33-17-10-11-21-18(12-17)25-19(13-28-21)24(15-6-8-16(26)9-7-15)30-31(25)14-23(32)29-22-5-3-2-4-20(22)27/h2-13H,14H2,1H3,(H,29,32). The van der Waals surface area contributed by atoms with Crippen LogP contribution >= 0.6 is 0 Å². The Morgan fingerprint density at radius 3 is 2.58 bits per heavy atom. The molecular formula is C25H18F2N4O2. The Morgan fingerprint density at radius 2 is 1.82 bits per heavy atom. The SMILES string of the molecule is COc1ccc2ncc3c(-c4ccc(F)cc4)nn(CC(=O)Nc4ccccc4F)c3c2c1. The van der Waals surface area contributed by atoms with Gasteiger partial charge in [-0.15, -0.1) is 0 Å². The number of hydrogen-bond donors (Lipinski definition) is 1. The van der Waals surface area contributed by atoms with Crippen LogP contribution in [0.2, 0.25) is 0 Å². The molecule has 2 aromatic heterocycles. The van der Waals surface area contributed by atoms with E-state index >= 15 is 0 Å². The van der Waals surface area contributed by atoms with Crippen LogP contribution < -0.4 is 10.1 Å². The first-order chi connectivity index (χ1) is 16.0. The number of rotatable bonds is 5. The van der Waals surface area contributed by atoms with Crippen LogP contribution in [0.4, 0.5) is 14.5 Å². The van der Waals surface area contributed by atoms with Crippen LogP contribution in [0.25, 0.3) is 33.1 Å². The normalized spacial score (nSPS) is 11.1. The molecule has 6 nitrogen and oxygen atoms in total. The van der Waals surface area contributed by atoms with E-state index in [1.54, 1.807) is 48.3 Å². The fourth-order valence-corrected chi connectivity index (χ4v) is 3.78. The second-order valence-corrected chi connectivity index (χ2v) is 7.44. The van der Waals surface area contributed by atoms with Crippen molar-refractivity contribution in [1.29, 1.82) is 0 Å². The molecule has 5 rings (SSSR count). The molecule has 0 aliphatic carbocycles. The van der Waals surface area contributed by atoms with Gasteiger partial charge in [0.2, 0.25) is 5.91 Å². The van der Waals surface area contributed by atoms with E-state index in [-0.39, 0.29) is 18.0 Å². The van der Waals surface area contributed by atoms with Crippen molar-refractivity contribution >= 4 is 33.4 Å². The van der Waals surface area contributed by atoms with Crippen molar-refractivity contribution < 1.29 is 18.3 Å². The number of fused-ring (bicyclic) bond motifs is 3. The minimum Gasteiger partial charge on any atom is -0.497 e. The summed E-state index contributed by atoms with van der Waals surface area (Å²) >= 11 is 0. The third kappa shape index (κ3) is 3.87. The van der Waals surface area contributed by atoms with Gasteiger partial charge in [-0.1, -0.05) is 12.1 Å². The van der Waals surface area contributed by atoms with Crippen LogP contribution in [0.1, 0.15) is 0 Å². The summed E-state index contributed by atoms with van der Waals surface area (Å²) in [4.78, 5) is 17.3. The largest absolute Gasteiger partial charge is 0.497 e. The summed E-state index contributed by atoms with van der Waals surface area (Å²) in [6.45, 7) is -0.164. The van der Waals surface area contributed by atoms with Gasteiger partial charge < -0.3 is 10.1 Å². The number of para-hydroxylation sites is 1. The smallest absolute Gasteiger partial charge is 0.246 e. The summed E-state index contributed by atoms with van der Waals surface area (Å²) in [6, 6.07) is 17.3. The Morgan fingerprint density at radius 1 is 1.03 bits per heavy atom. The number of carbonyl (C=O) groups excluding carboxylic acids is 1. The molecule has 0 bridgehead atoms. The summed E-state index contributed by atoms with van der Waals surface area (Å²) in [5.41, 5.74) is 2.69. The van der Waals surface area contributed by atoms with Crippen molar-refractivity contribution in [3.8, 4) is 17.0 Å². The Kier molecular flexibility index (Phi) is 5.18. The van der Waals surface area contributed by atoms with Crippen molar-refractivity contribution in [3.63, 3.8) is 0 Å². The Balaban J connectivity index is 1.65. The highest BCUT2D eigenvalue weighted by Crippen LogP contribution is 2.33. The van der Waals surface area contributed by atoms with E-state index in [0.717, 1.165) is 5.39 Å². The van der Waals surface area contributed by atoms with Crippen LogP contribution in [-0.2, 0) is 11.3 Å². The number of pyridine rings is 1. The number of carbonyl (C=O) groups is 1. The number of nitrogens with zero attached hydrogens (tertiary/aromatic N) is 3. The number of anilines is 1. The fraction of sp³-hybridized carbons (Fsp3) is 0.0800. The van der Waals surface area contributed by atoms with Gasteiger partial charge >= 0.3 is 0 Å². The van der Waals surface area contributed by atoms with Crippen LogP contribution in [0.15, 0.2) is 72.9 Å². The number of ether oxygens (including phenoxy) is 1. The quantitative estimate of drug-likeness (QED) is 0.406. The third-order valence-corrected chi connectivity index (χ3v) is 5.34. The maximum atomic E-state index is 14.0. The molecule has 0 aliphatic heterocycles. The number of halogens is 2. The van der Waals surface area contributed by atoms with E-state index in [1.165, 1.54) is 24.3 Å². The number of nitrogens with one attached hydrogen (secondary N) is 1. The lowest BCUT2D eigenvalue weighted by Gasteiger charge is -2.09. The topological polar surface area (TPSA) is 69.0 Å². The summed E-state index contributed by atoms with van der Waals surface area (Å²) < 4.78 is 34.4. The maximum absolute atomic E-state index is 14.0. The third-order valence-electron chi connectivity index (χ3n) is 5.34. The predicted octanol–water partition coefficient (Wildman–Crippen LogP) is 5.18. The molecule has 2 heterocycles. The van der Waals surface area contributed by atoms with Gasteiger partial charge in [0, 0.05) is 22.5 Å². The van der Waals surface area contributed by atoms with Gasteiger partial charge in [0.05, 0.1) is 23.8 Å². The van der Waals surface area contributed by atoms with Crippen molar-refractivity contribution in [2.24, 2.45) is 0 Å². The zero-order valence-electron chi connectivity index (χ0n) is 17.5. The van der Waals surface area contributed by atoms with Crippen molar-refractivity contribution in [3.05, 3.63) is 84.6 Å². The number of benzene rings is 3. The molecule has 5 aromatic rings. The molecule has 0 fully saturated rings. The lowest BCUT2D eigenvalue weighted by atomic mass is 10.1. The second-order valence-electron chi connectivity index (χ2n) is 7.44. The van der Waals surface area contributed by atoms with Crippen LogP contribution in [-0.4, -0.2) is 27.8 Å². The van der Waals surface area contributed by atoms with E-state index in [2.05, 4.69) is 15.4 Å². The summed E-state index contributed by atoms with van der Waals surface area (Å²) in [6.07, 6.45) is 1.68. The summed E-state index contributed by atoms with van der Waals surface area (Å²) in [7, 11) is 1.57. The molecule has 0 unspecified atom stereocenters. The average Bonchev–Trinajstić information content (AvgIpc) is 3.19. The predicted molar refractivity (Wildman–Crippen MR) is 122 cm³/mol. The molecule has 0 saturated heterocycles. The van der Waals surface area contributed by atoms with Gasteiger partial charge in [-0.05, 0) is 54.6 Å². The zero-order valence-corrected chi connectivity index (χ0v) is 17.5. The number of amides is 1. The van der Waals surface area contributed by atoms with E-state index in [9.17, 15) is 13.6 Å². The number of hydrogen-bond acceptors (Lipinski definition) is 4. The van der Waals surface area contributed by atoms with Crippen LogP contribution in [0, 0.1) is 11.6 Å². The highest BCUT2D eigenvalue weighted by Gasteiger charge is 2.19. The van der Waals surface area contributed by atoms with E-state index in [1.807, 2.05) is 12.1 Å². The first-order valence-electron chi connectivity index (χ1n) is 10.2. The monoisotopic (exact) mass is 444 g/mol. The molecule has 0 radical (unpaired) electrons. The summed E-state index contributed by atoms with van der Waals surface area (Å²) in [5.74, 6) is -0.700. The molecule has 3 aromatic carbocycles. The molecule has 1 amide bonds. The average molecular weight is 444 g/mol. The molecule has 164 valence electrons.